The molecule has 2 amide bonds. The van der Waals surface area contributed by atoms with Gasteiger partial charge in [-0.3, -0.25) is 20.4 Å². The molecule has 1 aromatic rings. The minimum absolute atomic E-state index is 0.208. The number of halogens is 1. The van der Waals surface area contributed by atoms with Gasteiger partial charge in [0.15, 0.2) is 0 Å². The second-order valence-electron chi connectivity index (χ2n) is 2.96. The van der Waals surface area contributed by atoms with E-state index in [-0.39, 0.29) is 5.56 Å². The molecule has 0 atom stereocenters. The maximum atomic E-state index is 13.7. The Morgan fingerprint density at radius 3 is 2.07 bits per heavy atom. The Morgan fingerprint density at radius 2 is 1.53 bits per heavy atom. The molecule has 5 heteroatoms. The van der Waals surface area contributed by atoms with E-state index in [0.717, 1.165) is 0 Å². The van der Waals surface area contributed by atoms with Gasteiger partial charge in [-0.05, 0) is 0 Å². The molecule has 0 aliphatic carbocycles. The lowest BCUT2D eigenvalue weighted by atomic mass is 10.1. The molecule has 1 aliphatic rings. The summed E-state index contributed by atoms with van der Waals surface area (Å²) < 4.78 is 13.7. The molecule has 1 aliphatic heterocycles. The normalized spacial score (nSPS) is 14.9. The van der Waals surface area contributed by atoms with Crippen molar-refractivity contribution in [3.63, 3.8) is 0 Å². The third kappa shape index (κ3) is 1.59. The summed E-state index contributed by atoms with van der Waals surface area (Å²) in [5.41, 5.74) is 3.79. The van der Waals surface area contributed by atoms with Gasteiger partial charge >= 0.3 is 0 Å². The highest BCUT2D eigenvalue weighted by Gasteiger charge is 2.30. The first kappa shape index (κ1) is 9.39. The number of hydrazine groups is 1. The van der Waals surface area contributed by atoms with Crippen molar-refractivity contribution in [1.82, 2.24) is 10.9 Å². The lowest BCUT2D eigenvalue weighted by Crippen LogP contribution is -2.28. The molecular formula is C10H7FN2O2. The maximum absolute atomic E-state index is 13.7. The number of hydrogen-bond donors (Lipinski definition) is 2. The fraction of sp³-hybridized carbons (Fsp3) is 0. The predicted molar refractivity (Wildman–Crippen MR) is 50.8 cm³/mol. The molecule has 0 bridgehead atoms. The summed E-state index contributed by atoms with van der Waals surface area (Å²) in [6, 6.07) is 7.94. The molecule has 0 radical (unpaired) electrons. The molecule has 0 aromatic heterocycles. The van der Waals surface area contributed by atoms with Crippen molar-refractivity contribution in [3.05, 3.63) is 41.5 Å². The molecule has 1 heterocycles. The third-order valence-electron chi connectivity index (χ3n) is 1.99. The van der Waals surface area contributed by atoms with Crippen LogP contribution in [-0.4, -0.2) is 11.8 Å². The molecule has 76 valence electrons. The molecule has 2 rings (SSSR count). The standard InChI is InChI=1S/C10H7FN2O2/c11-8(6-4-2-1-3-5-6)7-9(14)12-13-10(7)15/h1-5H,(H,12,14)(H,13,15). The fourth-order valence-electron chi connectivity index (χ4n) is 1.27. The van der Waals surface area contributed by atoms with Crippen molar-refractivity contribution < 1.29 is 14.0 Å². The zero-order valence-electron chi connectivity index (χ0n) is 7.58. The lowest BCUT2D eigenvalue weighted by molar-refractivity contribution is -0.117. The molecule has 1 saturated heterocycles. The van der Waals surface area contributed by atoms with E-state index < -0.39 is 23.2 Å². The minimum Gasteiger partial charge on any atom is -0.267 e. The number of rotatable bonds is 1. The van der Waals surface area contributed by atoms with Crippen LogP contribution in [0.2, 0.25) is 0 Å². The highest BCUT2D eigenvalue weighted by molar-refractivity contribution is 6.26. The Bertz CT molecular complexity index is 436. The lowest BCUT2D eigenvalue weighted by Gasteiger charge is -1.97. The molecule has 1 aromatic carbocycles. The minimum atomic E-state index is -0.817. The first-order valence-corrected chi connectivity index (χ1v) is 4.26. The zero-order valence-corrected chi connectivity index (χ0v) is 7.58. The Labute approximate surface area is 84.8 Å². The number of carbonyl (C=O) groups excluding carboxylic acids is 2. The van der Waals surface area contributed by atoms with Crippen molar-refractivity contribution in [2.45, 2.75) is 0 Å². The van der Waals surface area contributed by atoms with E-state index in [0.29, 0.717) is 0 Å². The summed E-state index contributed by atoms with van der Waals surface area (Å²) in [5.74, 6) is -2.31. The summed E-state index contributed by atoms with van der Waals surface area (Å²) >= 11 is 0. The fourth-order valence-corrected chi connectivity index (χ4v) is 1.27. The Balaban J connectivity index is 2.50. The van der Waals surface area contributed by atoms with E-state index >= 15 is 0 Å². The van der Waals surface area contributed by atoms with Crippen LogP contribution >= 0.6 is 0 Å². The maximum Gasteiger partial charge on any atom is 0.278 e. The van der Waals surface area contributed by atoms with Crippen LogP contribution < -0.4 is 10.9 Å². The SMILES string of the molecule is O=C1NNC(=O)C1=C(F)c1ccccc1. The van der Waals surface area contributed by atoms with Crippen molar-refractivity contribution >= 4 is 17.6 Å². The highest BCUT2D eigenvalue weighted by atomic mass is 19.1. The van der Waals surface area contributed by atoms with Crippen LogP contribution in [-0.2, 0) is 9.59 Å². The summed E-state index contributed by atoms with van der Waals surface area (Å²) in [6.45, 7) is 0. The topological polar surface area (TPSA) is 58.2 Å². The van der Waals surface area contributed by atoms with E-state index in [4.69, 9.17) is 0 Å². The van der Waals surface area contributed by atoms with Gasteiger partial charge < -0.3 is 0 Å². The number of carbonyl (C=O) groups is 2. The molecule has 2 N–H and O–H groups in total. The van der Waals surface area contributed by atoms with E-state index in [2.05, 4.69) is 0 Å². The van der Waals surface area contributed by atoms with Crippen LogP contribution in [0.15, 0.2) is 35.9 Å². The quantitative estimate of drug-likeness (QED) is 0.520. The Morgan fingerprint density at radius 1 is 1.00 bits per heavy atom. The van der Waals surface area contributed by atoms with E-state index in [1.165, 1.54) is 12.1 Å². The second-order valence-corrected chi connectivity index (χ2v) is 2.96. The molecular weight excluding hydrogens is 199 g/mol. The summed E-state index contributed by atoms with van der Waals surface area (Å²) in [4.78, 5) is 22.2. The number of hydrogen-bond acceptors (Lipinski definition) is 2. The molecule has 0 saturated carbocycles. The van der Waals surface area contributed by atoms with Crippen LogP contribution in [0.1, 0.15) is 5.56 Å². The van der Waals surface area contributed by atoms with Gasteiger partial charge in [0.1, 0.15) is 11.4 Å². The monoisotopic (exact) mass is 206 g/mol. The van der Waals surface area contributed by atoms with Gasteiger partial charge in [-0.25, -0.2) is 4.39 Å². The van der Waals surface area contributed by atoms with Crippen LogP contribution in [0.25, 0.3) is 5.83 Å². The molecule has 1 fully saturated rings. The summed E-state index contributed by atoms with van der Waals surface area (Å²) in [5, 5.41) is 0. The average Bonchev–Trinajstić information content (AvgIpc) is 2.59. The van der Waals surface area contributed by atoms with E-state index in [9.17, 15) is 14.0 Å². The molecule has 4 nitrogen and oxygen atoms in total. The van der Waals surface area contributed by atoms with Crippen LogP contribution in [0.4, 0.5) is 4.39 Å². The molecule has 0 unspecified atom stereocenters. The van der Waals surface area contributed by atoms with Gasteiger partial charge in [0.25, 0.3) is 11.8 Å². The average molecular weight is 206 g/mol. The number of benzene rings is 1. The van der Waals surface area contributed by atoms with Crippen molar-refractivity contribution in [1.29, 1.82) is 0 Å². The summed E-state index contributed by atoms with van der Waals surface area (Å²) in [6.07, 6.45) is 0. The van der Waals surface area contributed by atoms with Gasteiger partial charge in [0, 0.05) is 5.56 Å². The highest BCUT2D eigenvalue weighted by Crippen LogP contribution is 2.21. The Hall–Kier alpha value is -2.17. The first-order chi connectivity index (χ1) is 7.20. The smallest absolute Gasteiger partial charge is 0.267 e. The molecule has 0 spiro atoms. The van der Waals surface area contributed by atoms with Crippen molar-refractivity contribution in [3.8, 4) is 0 Å². The van der Waals surface area contributed by atoms with Crippen LogP contribution in [0.3, 0.4) is 0 Å². The molecule has 15 heavy (non-hydrogen) atoms. The third-order valence-corrected chi connectivity index (χ3v) is 1.99. The van der Waals surface area contributed by atoms with Crippen LogP contribution in [0, 0.1) is 0 Å². The van der Waals surface area contributed by atoms with E-state index in [1.54, 1.807) is 18.2 Å². The number of amides is 2. The van der Waals surface area contributed by atoms with Crippen LogP contribution in [0.5, 0.6) is 0 Å². The summed E-state index contributed by atoms with van der Waals surface area (Å²) in [7, 11) is 0. The van der Waals surface area contributed by atoms with Crippen molar-refractivity contribution in [2.24, 2.45) is 0 Å². The van der Waals surface area contributed by atoms with Gasteiger partial charge in [-0.2, -0.15) is 0 Å². The van der Waals surface area contributed by atoms with Crippen molar-refractivity contribution in [2.75, 3.05) is 0 Å². The van der Waals surface area contributed by atoms with Gasteiger partial charge in [0.05, 0.1) is 0 Å². The Kier molecular flexibility index (Phi) is 2.21. The van der Waals surface area contributed by atoms with Gasteiger partial charge in [-0.1, -0.05) is 30.3 Å². The predicted octanol–water partition coefficient (Wildman–Crippen LogP) is 0.528. The van der Waals surface area contributed by atoms with Gasteiger partial charge in [0.2, 0.25) is 0 Å². The van der Waals surface area contributed by atoms with E-state index in [1.807, 2.05) is 10.9 Å². The first-order valence-electron chi connectivity index (χ1n) is 4.26. The number of nitrogens with one attached hydrogen (secondary N) is 2. The second kappa shape index (κ2) is 3.53. The largest absolute Gasteiger partial charge is 0.278 e. The zero-order chi connectivity index (χ0) is 10.8. The van der Waals surface area contributed by atoms with Gasteiger partial charge in [-0.15, -0.1) is 0 Å².